The standard InChI is InChI=1S/C16H24N4O2/c1-11-13(18-7-6-17-11)4-5-19-15(21)20-10-16(2,3)12-8-22-9-14(12)20/h6-7,12,14H,4-5,8-10H2,1-3H3,(H,19,21)/t12-,14+/m1/s1. The number of hydrogen-bond donors (Lipinski definition) is 1. The maximum atomic E-state index is 12.5. The van der Waals surface area contributed by atoms with Crippen molar-refractivity contribution >= 4 is 6.03 Å². The Labute approximate surface area is 131 Å². The number of ether oxygens (including phenoxy) is 1. The molecule has 0 saturated carbocycles. The summed E-state index contributed by atoms with van der Waals surface area (Å²) in [5.74, 6) is 0.445. The van der Waals surface area contributed by atoms with E-state index in [-0.39, 0.29) is 17.5 Å². The molecule has 22 heavy (non-hydrogen) atoms. The molecule has 6 nitrogen and oxygen atoms in total. The quantitative estimate of drug-likeness (QED) is 0.916. The third-order valence-electron chi connectivity index (χ3n) is 4.91. The van der Waals surface area contributed by atoms with Crippen LogP contribution in [0.1, 0.15) is 25.2 Å². The summed E-state index contributed by atoms with van der Waals surface area (Å²) in [5, 5.41) is 3.01. The average molecular weight is 304 g/mol. The molecule has 0 spiro atoms. The van der Waals surface area contributed by atoms with Gasteiger partial charge in [-0.25, -0.2) is 4.79 Å². The Morgan fingerprint density at radius 2 is 2.18 bits per heavy atom. The second kappa shape index (κ2) is 5.83. The van der Waals surface area contributed by atoms with Gasteiger partial charge in [-0.05, 0) is 12.3 Å². The molecule has 1 aromatic rings. The molecule has 120 valence electrons. The molecule has 2 atom stereocenters. The first-order valence-corrected chi connectivity index (χ1v) is 7.88. The van der Waals surface area contributed by atoms with Crippen molar-refractivity contribution in [2.24, 2.45) is 11.3 Å². The maximum Gasteiger partial charge on any atom is 0.317 e. The van der Waals surface area contributed by atoms with E-state index in [9.17, 15) is 4.79 Å². The minimum absolute atomic E-state index is 0.00705. The van der Waals surface area contributed by atoms with Gasteiger partial charge in [-0.3, -0.25) is 9.97 Å². The van der Waals surface area contributed by atoms with Crippen LogP contribution in [0.2, 0.25) is 0 Å². The van der Waals surface area contributed by atoms with Crippen molar-refractivity contribution < 1.29 is 9.53 Å². The lowest BCUT2D eigenvalue weighted by molar-refractivity contribution is 0.124. The number of rotatable bonds is 3. The summed E-state index contributed by atoms with van der Waals surface area (Å²) in [5.41, 5.74) is 1.98. The van der Waals surface area contributed by atoms with Crippen molar-refractivity contribution in [3.63, 3.8) is 0 Å². The first kappa shape index (κ1) is 15.2. The summed E-state index contributed by atoms with van der Waals surface area (Å²) in [6, 6.07) is 0.223. The maximum absolute atomic E-state index is 12.5. The Morgan fingerprint density at radius 3 is 2.95 bits per heavy atom. The number of amides is 2. The van der Waals surface area contributed by atoms with Crippen LogP contribution in [-0.2, 0) is 11.2 Å². The van der Waals surface area contributed by atoms with Gasteiger partial charge in [-0.2, -0.15) is 0 Å². The van der Waals surface area contributed by atoms with E-state index in [1.54, 1.807) is 12.4 Å². The van der Waals surface area contributed by atoms with E-state index >= 15 is 0 Å². The van der Waals surface area contributed by atoms with Crippen LogP contribution < -0.4 is 5.32 Å². The van der Waals surface area contributed by atoms with E-state index in [1.807, 2.05) is 11.8 Å². The van der Waals surface area contributed by atoms with Gasteiger partial charge in [0.1, 0.15) is 0 Å². The number of nitrogens with one attached hydrogen (secondary N) is 1. The molecule has 3 rings (SSSR count). The molecule has 2 fully saturated rings. The van der Waals surface area contributed by atoms with Crippen LogP contribution in [0.4, 0.5) is 4.79 Å². The molecular formula is C16H24N4O2. The SMILES string of the molecule is Cc1nccnc1CCNC(=O)N1CC(C)(C)[C@@H]2COC[C@@H]21. The summed E-state index contributed by atoms with van der Waals surface area (Å²) >= 11 is 0. The van der Waals surface area contributed by atoms with Crippen molar-refractivity contribution in [3.8, 4) is 0 Å². The fourth-order valence-electron chi connectivity index (χ4n) is 3.56. The van der Waals surface area contributed by atoms with Crippen molar-refractivity contribution in [3.05, 3.63) is 23.8 Å². The van der Waals surface area contributed by atoms with Gasteiger partial charge < -0.3 is 15.0 Å². The van der Waals surface area contributed by atoms with Crippen LogP contribution >= 0.6 is 0 Å². The van der Waals surface area contributed by atoms with E-state index in [0.29, 0.717) is 25.5 Å². The molecule has 1 aromatic heterocycles. The zero-order valence-corrected chi connectivity index (χ0v) is 13.5. The third kappa shape index (κ3) is 2.79. The van der Waals surface area contributed by atoms with Crippen LogP contribution in [0.25, 0.3) is 0 Å². The molecule has 3 heterocycles. The second-order valence-corrected chi connectivity index (χ2v) is 6.90. The highest BCUT2D eigenvalue weighted by molar-refractivity contribution is 5.75. The zero-order valence-electron chi connectivity index (χ0n) is 13.5. The monoisotopic (exact) mass is 304 g/mol. The number of carbonyl (C=O) groups excluding carboxylic acids is 1. The number of carbonyl (C=O) groups is 1. The number of urea groups is 1. The first-order chi connectivity index (χ1) is 10.5. The predicted molar refractivity (Wildman–Crippen MR) is 82.5 cm³/mol. The summed E-state index contributed by atoms with van der Waals surface area (Å²) in [4.78, 5) is 22.9. The van der Waals surface area contributed by atoms with Gasteiger partial charge in [0.15, 0.2) is 0 Å². The van der Waals surface area contributed by atoms with E-state index in [4.69, 9.17) is 4.74 Å². The summed E-state index contributed by atoms with van der Waals surface area (Å²) in [6.45, 7) is 9.17. The number of hydrogen-bond acceptors (Lipinski definition) is 4. The molecule has 0 bridgehead atoms. The van der Waals surface area contributed by atoms with Gasteiger partial charge in [0.05, 0.1) is 30.6 Å². The minimum Gasteiger partial charge on any atom is -0.379 e. The fourth-order valence-corrected chi connectivity index (χ4v) is 3.56. The normalized spacial score (nSPS) is 26.0. The van der Waals surface area contributed by atoms with Gasteiger partial charge in [-0.1, -0.05) is 13.8 Å². The lowest BCUT2D eigenvalue weighted by Gasteiger charge is -2.24. The van der Waals surface area contributed by atoms with E-state index < -0.39 is 0 Å². The lowest BCUT2D eigenvalue weighted by Crippen LogP contribution is -2.45. The summed E-state index contributed by atoms with van der Waals surface area (Å²) < 4.78 is 5.58. The summed E-state index contributed by atoms with van der Waals surface area (Å²) in [7, 11) is 0. The highest BCUT2D eigenvalue weighted by Gasteiger charge is 2.51. The van der Waals surface area contributed by atoms with Gasteiger partial charge in [0.25, 0.3) is 0 Å². The van der Waals surface area contributed by atoms with Crippen LogP contribution in [0, 0.1) is 18.3 Å². The molecule has 2 aliphatic rings. The number of fused-ring (bicyclic) bond motifs is 1. The van der Waals surface area contributed by atoms with Crippen molar-refractivity contribution in [1.29, 1.82) is 0 Å². The molecule has 2 saturated heterocycles. The topological polar surface area (TPSA) is 67.4 Å². The molecule has 0 aromatic carbocycles. The molecular weight excluding hydrogens is 280 g/mol. The highest BCUT2D eigenvalue weighted by atomic mass is 16.5. The van der Waals surface area contributed by atoms with Gasteiger partial charge >= 0.3 is 6.03 Å². The first-order valence-electron chi connectivity index (χ1n) is 7.88. The largest absolute Gasteiger partial charge is 0.379 e. The smallest absolute Gasteiger partial charge is 0.317 e. The summed E-state index contributed by atoms with van der Waals surface area (Å²) in [6.07, 6.45) is 4.07. The number of nitrogens with zero attached hydrogens (tertiary/aromatic N) is 3. The van der Waals surface area contributed by atoms with Gasteiger partial charge in [0, 0.05) is 37.8 Å². The van der Waals surface area contributed by atoms with Gasteiger partial charge in [0.2, 0.25) is 0 Å². The molecule has 0 unspecified atom stereocenters. The molecule has 0 radical (unpaired) electrons. The van der Waals surface area contributed by atoms with E-state index in [1.165, 1.54) is 0 Å². The number of aromatic nitrogens is 2. The number of likely N-dealkylation sites (tertiary alicyclic amines) is 1. The molecule has 1 N–H and O–H groups in total. The second-order valence-electron chi connectivity index (χ2n) is 6.90. The Hall–Kier alpha value is -1.69. The molecule has 2 amide bonds. The van der Waals surface area contributed by atoms with E-state index in [2.05, 4.69) is 29.1 Å². The average Bonchev–Trinajstić information content (AvgIpc) is 3.04. The minimum atomic E-state index is 0.00705. The van der Waals surface area contributed by atoms with Crippen LogP contribution in [-0.4, -0.2) is 53.2 Å². The Morgan fingerprint density at radius 1 is 1.41 bits per heavy atom. The highest BCUT2D eigenvalue weighted by Crippen LogP contribution is 2.43. The van der Waals surface area contributed by atoms with Crippen LogP contribution in [0.3, 0.4) is 0 Å². The van der Waals surface area contributed by atoms with Crippen molar-refractivity contribution in [2.75, 3.05) is 26.3 Å². The van der Waals surface area contributed by atoms with Crippen molar-refractivity contribution in [2.45, 2.75) is 33.2 Å². The van der Waals surface area contributed by atoms with Crippen molar-refractivity contribution in [1.82, 2.24) is 20.2 Å². The Balaban J connectivity index is 1.55. The fraction of sp³-hybridized carbons (Fsp3) is 0.688. The number of aryl methyl sites for hydroxylation is 1. The molecule has 2 aliphatic heterocycles. The predicted octanol–water partition coefficient (Wildman–Crippen LogP) is 1.39. The van der Waals surface area contributed by atoms with E-state index in [0.717, 1.165) is 24.5 Å². The van der Waals surface area contributed by atoms with Crippen LogP contribution in [0.5, 0.6) is 0 Å². The Bertz CT molecular complexity index is 561. The Kier molecular flexibility index (Phi) is 4.04. The third-order valence-corrected chi connectivity index (χ3v) is 4.91. The van der Waals surface area contributed by atoms with Gasteiger partial charge in [-0.15, -0.1) is 0 Å². The molecule has 0 aliphatic carbocycles. The zero-order chi connectivity index (χ0) is 15.7. The lowest BCUT2D eigenvalue weighted by atomic mass is 9.80. The molecule has 6 heteroatoms. The van der Waals surface area contributed by atoms with Crippen LogP contribution in [0.15, 0.2) is 12.4 Å².